The number of aromatic nitrogens is 3. The quantitative estimate of drug-likeness (QED) is 0.316. The monoisotopic (exact) mass is 517 g/mol. The van der Waals surface area contributed by atoms with Gasteiger partial charge < -0.3 is 15.7 Å². The molecule has 0 fully saturated rings. The normalized spacial score (nSPS) is 11.2. The average Bonchev–Trinajstić information content (AvgIpc) is 3.19. The van der Waals surface area contributed by atoms with Crippen molar-refractivity contribution in [1.82, 2.24) is 24.6 Å². The lowest BCUT2D eigenvalue weighted by molar-refractivity contribution is 0.222. The molecule has 0 saturated carbocycles. The lowest BCUT2D eigenvalue weighted by Gasteiger charge is -2.08. The van der Waals surface area contributed by atoms with Crippen LogP contribution in [0.25, 0.3) is 16.5 Å². The number of phenols is 1. The smallest absolute Gasteiger partial charge is 0.361 e. The van der Waals surface area contributed by atoms with Crippen molar-refractivity contribution in [2.24, 2.45) is 10.2 Å². The maximum absolute atomic E-state index is 13.1. The molecular formula is C26H27N7O5. The van der Waals surface area contributed by atoms with Gasteiger partial charge in [-0.25, -0.2) is 23.7 Å². The largest absolute Gasteiger partial charge is 0.506 e. The van der Waals surface area contributed by atoms with Gasteiger partial charge in [0.2, 0.25) is 0 Å². The van der Waals surface area contributed by atoms with Crippen LogP contribution in [-0.2, 0) is 0 Å². The standard InChI is InChI=1S/C26H27N7O5/c1-3-15-27-23(35)32-25(37)31(26(38)33(32)24(36)28-16-4-2)19-12-10-18(11-13-19)29-30-22-20-8-6-5-7-17(20)9-14-21(22)34/h5-14,34H,3-4,15-16H2,1-2H3,(H,27,35)(H,28,36). The molecule has 2 amide bonds. The Morgan fingerprint density at radius 3 is 1.95 bits per heavy atom. The van der Waals surface area contributed by atoms with Gasteiger partial charge in [0.25, 0.3) is 0 Å². The van der Waals surface area contributed by atoms with E-state index in [-0.39, 0.29) is 24.5 Å². The highest BCUT2D eigenvalue weighted by molar-refractivity contribution is 5.95. The fourth-order valence-electron chi connectivity index (χ4n) is 3.76. The van der Waals surface area contributed by atoms with Crippen LogP contribution in [0.2, 0.25) is 0 Å². The van der Waals surface area contributed by atoms with Crippen molar-refractivity contribution in [3.05, 3.63) is 81.6 Å². The molecule has 0 aliphatic carbocycles. The molecule has 4 aromatic rings. The topological polar surface area (TPSA) is 152 Å². The van der Waals surface area contributed by atoms with Crippen LogP contribution in [0, 0.1) is 0 Å². The molecule has 12 nitrogen and oxygen atoms in total. The number of benzene rings is 3. The number of hydrogen-bond acceptors (Lipinski definition) is 7. The molecule has 0 spiro atoms. The highest BCUT2D eigenvalue weighted by Crippen LogP contribution is 2.35. The summed E-state index contributed by atoms with van der Waals surface area (Å²) in [5, 5.41) is 25.3. The van der Waals surface area contributed by atoms with Crippen LogP contribution in [0.5, 0.6) is 5.75 Å². The van der Waals surface area contributed by atoms with Crippen molar-refractivity contribution >= 4 is 34.2 Å². The lowest BCUT2D eigenvalue weighted by Crippen LogP contribution is -2.46. The predicted octanol–water partition coefficient (Wildman–Crippen LogP) is 4.01. The summed E-state index contributed by atoms with van der Waals surface area (Å²) in [6.07, 6.45) is 1.19. The summed E-state index contributed by atoms with van der Waals surface area (Å²) in [6, 6.07) is 14.9. The number of carbonyl (C=O) groups excluding carboxylic acids is 2. The molecule has 1 heterocycles. The van der Waals surface area contributed by atoms with E-state index in [4.69, 9.17) is 0 Å². The first-order chi connectivity index (χ1) is 18.4. The van der Waals surface area contributed by atoms with Crippen LogP contribution in [0.3, 0.4) is 0 Å². The summed E-state index contributed by atoms with van der Waals surface area (Å²) in [5.41, 5.74) is -1.17. The number of fused-ring (bicyclic) bond motifs is 1. The minimum absolute atomic E-state index is 0.0276. The zero-order valence-electron chi connectivity index (χ0n) is 20.9. The SMILES string of the molecule is CCCNC(=O)n1c(=O)n(-c2ccc(N=Nc3c(O)ccc4ccccc34)cc2)c(=O)n1C(=O)NCCC. The van der Waals surface area contributed by atoms with Crippen LogP contribution < -0.4 is 22.0 Å². The highest BCUT2D eigenvalue weighted by atomic mass is 16.3. The summed E-state index contributed by atoms with van der Waals surface area (Å²) in [5.74, 6) is -0.0276. The van der Waals surface area contributed by atoms with E-state index in [2.05, 4.69) is 20.9 Å². The fraction of sp³-hybridized carbons (Fsp3) is 0.231. The second-order valence-electron chi connectivity index (χ2n) is 8.36. The average molecular weight is 518 g/mol. The number of aromatic hydroxyl groups is 1. The number of amides is 2. The molecule has 12 heteroatoms. The fourth-order valence-corrected chi connectivity index (χ4v) is 3.76. The lowest BCUT2D eigenvalue weighted by atomic mass is 10.1. The molecule has 3 aromatic carbocycles. The van der Waals surface area contributed by atoms with Crippen molar-refractivity contribution < 1.29 is 14.7 Å². The third-order valence-electron chi connectivity index (χ3n) is 5.63. The van der Waals surface area contributed by atoms with Gasteiger partial charge in [-0.1, -0.05) is 44.2 Å². The van der Waals surface area contributed by atoms with E-state index in [1.165, 1.54) is 30.3 Å². The summed E-state index contributed by atoms with van der Waals surface area (Å²) < 4.78 is 1.70. The van der Waals surface area contributed by atoms with Crippen molar-refractivity contribution in [3.8, 4) is 11.4 Å². The van der Waals surface area contributed by atoms with E-state index in [0.717, 1.165) is 15.3 Å². The number of nitrogens with one attached hydrogen (secondary N) is 2. The second-order valence-corrected chi connectivity index (χ2v) is 8.36. The highest BCUT2D eigenvalue weighted by Gasteiger charge is 2.26. The number of azo groups is 1. The van der Waals surface area contributed by atoms with Crippen LogP contribution in [0.1, 0.15) is 26.7 Å². The Hall–Kier alpha value is -5.00. The first kappa shape index (κ1) is 26.1. The summed E-state index contributed by atoms with van der Waals surface area (Å²) in [7, 11) is 0. The summed E-state index contributed by atoms with van der Waals surface area (Å²) in [4.78, 5) is 51.6. The van der Waals surface area contributed by atoms with Gasteiger partial charge >= 0.3 is 23.4 Å². The van der Waals surface area contributed by atoms with Gasteiger partial charge in [0.15, 0.2) is 0 Å². The molecule has 0 radical (unpaired) electrons. The zero-order valence-corrected chi connectivity index (χ0v) is 20.9. The van der Waals surface area contributed by atoms with Crippen molar-refractivity contribution in [1.29, 1.82) is 0 Å². The second kappa shape index (κ2) is 11.4. The molecule has 0 saturated heterocycles. The number of hydrogen-bond donors (Lipinski definition) is 3. The van der Waals surface area contributed by atoms with E-state index in [0.29, 0.717) is 33.6 Å². The minimum atomic E-state index is -0.995. The third-order valence-corrected chi connectivity index (χ3v) is 5.63. The van der Waals surface area contributed by atoms with Crippen LogP contribution in [0.15, 0.2) is 80.5 Å². The molecule has 0 unspecified atom stereocenters. The van der Waals surface area contributed by atoms with Crippen molar-refractivity contribution in [2.45, 2.75) is 26.7 Å². The molecule has 1 aromatic heterocycles. The predicted molar refractivity (Wildman–Crippen MR) is 142 cm³/mol. The van der Waals surface area contributed by atoms with E-state index >= 15 is 0 Å². The number of rotatable bonds is 7. The molecule has 196 valence electrons. The van der Waals surface area contributed by atoms with E-state index in [1.54, 1.807) is 6.07 Å². The van der Waals surface area contributed by atoms with E-state index in [9.17, 15) is 24.3 Å². The van der Waals surface area contributed by atoms with Crippen molar-refractivity contribution in [2.75, 3.05) is 13.1 Å². The van der Waals surface area contributed by atoms with Crippen molar-refractivity contribution in [3.63, 3.8) is 0 Å². The number of phenolic OH excluding ortho intramolecular Hbond substituents is 1. The molecule has 4 rings (SSSR count). The maximum atomic E-state index is 13.1. The van der Waals surface area contributed by atoms with Crippen LogP contribution in [-0.4, -0.2) is 44.2 Å². The van der Waals surface area contributed by atoms with Gasteiger partial charge in [-0.15, -0.1) is 14.5 Å². The van der Waals surface area contributed by atoms with Gasteiger partial charge in [0, 0.05) is 18.5 Å². The molecule has 0 aliphatic heterocycles. The van der Waals surface area contributed by atoms with Gasteiger partial charge in [0.1, 0.15) is 11.4 Å². The first-order valence-electron chi connectivity index (χ1n) is 12.1. The Morgan fingerprint density at radius 2 is 1.37 bits per heavy atom. The van der Waals surface area contributed by atoms with Gasteiger partial charge in [0.05, 0.1) is 11.4 Å². The first-order valence-corrected chi connectivity index (χ1v) is 12.1. The third kappa shape index (κ3) is 5.09. The Bertz CT molecular complexity index is 1580. The van der Waals surface area contributed by atoms with Gasteiger partial charge in [-0.05, 0) is 48.6 Å². The Balaban J connectivity index is 1.71. The van der Waals surface area contributed by atoms with Crippen LogP contribution >= 0.6 is 0 Å². The minimum Gasteiger partial charge on any atom is -0.506 e. The number of nitrogens with zero attached hydrogens (tertiary/aromatic N) is 5. The summed E-state index contributed by atoms with van der Waals surface area (Å²) >= 11 is 0. The molecule has 0 atom stereocenters. The van der Waals surface area contributed by atoms with E-state index < -0.39 is 23.4 Å². The molecular weight excluding hydrogens is 490 g/mol. The van der Waals surface area contributed by atoms with E-state index in [1.807, 2.05) is 38.1 Å². The summed E-state index contributed by atoms with van der Waals surface area (Å²) in [6.45, 7) is 4.17. The molecule has 0 aliphatic rings. The van der Waals surface area contributed by atoms with Crippen LogP contribution in [0.4, 0.5) is 21.0 Å². The number of carbonyl (C=O) groups is 2. The Labute approximate surface area is 216 Å². The Morgan fingerprint density at radius 1 is 0.789 bits per heavy atom. The maximum Gasteiger partial charge on any atom is 0.361 e. The zero-order chi connectivity index (χ0) is 27.2. The molecule has 38 heavy (non-hydrogen) atoms. The van der Waals surface area contributed by atoms with Gasteiger partial charge in [-0.2, -0.15) is 5.11 Å². The molecule has 0 bridgehead atoms. The molecule has 3 N–H and O–H groups in total. The Kier molecular flexibility index (Phi) is 7.80. The van der Waals surface area contributed by atoms with Gasteiger partial charge in [-0.3, -0.25) is 0 Å².